The molecule has 0 saturated carbocycles. The molecule has 0 aliphatic carbocycles. The Hall–Kier alpha value is -1.71. The maximum atomic E-state index is 11.1. The first-order valence-electron chi connectivity index (χ1n) is 5.10. The summed E-state index contributed by atoms with van der Waals surface area (Å²) >= 11 is 0. The lowest BCUT2D eigenvalue weighted by atomic mass is 10.2. The maximum Gasteiger partial charge on any atom is 0.344 e. The van der Waals surface area contributed by atoms with E-state index >= 15 is 0 Å². The van der Waals surface area contributed by atoms with E-state index in [9.17, 15) is 4.79 Å². The van der Waals surface area contributed by atoms with Crippen LogP contribution in [-0.4, -0.2) is 26.3 Å². The van der Waals surface area contributed by atoms with Gasteiger partial charge in [-0.3, -0.25) is 0 Å². The second-order valence-corrected chi connectivity index (χ2v) is 3.25. The summed E-state index contributed by atoms with van der Waals surface area (Å²) in [4.78, 5) is 11.1. The molecule has 0 fully saturated rings. The van der Waals surface area contributed by atoms with Gasteiger partial charge in [-0.05, 0) is 31.5 Å². The van der Waals surface area contributed by atoms with E-state index in [2.05, 4.69) is 0 Å². The number of esters is 1. The van der Waals surface area contributed by atoms with E-state index in [0.717, 1.165) is 5.56 Å². The van der Waals surface area contributed by atoms with Crippen LogP contribution in [0, 0.1) is 6.92 Å². The van der Waals surface area contributed by atoms with Crippen molar-refractivity contribution in [2.24, 2.45) is 0 Å². The van der Waals surface area contributed by atoms with Gasteiger partial charge in [0, 0.05) is 0 Å². The Morgan fingerprint density at radius 1 is 1.31 bits per heavy atom. The molecule has 1 aromatic carbocycles. The Morgan fingerprint density at radius 2 is 2.06 bits per heavy atom. The summed E-state index contributed by atoms with van der Waals surface area (Å²) in [7, 11) is 1.56. The van der Waals surface area contributed by atoms with Crippen LogP contribution < -0.4 is 9.47 Å². The molecule has 0 spiro atoms. The third kappa shape index (κ3) is 3.46. The smallest absolute Gasteiger partial charge is 0.344 e. The minimum atomic E-state index is -0.384. The van der Waals surface area contributed by atoms with E-state index in [1.165, 1.54) is 0 Å². The fourth-order valence-corrected chi connectivity index (χ4v) is 1.23. The normalized spacial score (nSPS) is 9.69. The molecule has 1 aromatic rings. The highest BCUT2D eigenvalue weighted by molar-refractivity contribution is 5.71. The molecule has 4 heteroatoms. The standard InChI is InChI=1S/C12H16O4/c1-4-15-12(13)8-16-10-6-5-9(2)7-11(10)14-3/h5-7H,4,8H2,1-3H3. The van der Waals surface area contributed by atoms with Crippen LogP contribution in [0.15, 0.2) is 18.2 Å². The van der Waals surface area contributed by atoms with Crippen molar-refractivity contribution in [1.82, 2.24) is 0 Å². The van der Waals surface area contributed by atoms with Crippen LogP contribution in [0.1, 0.15) is 12.5 Å². The molecule has 0 amide bonds. The van der Waals surface area contributed by atoms with Gasteiger partial charge in [0.25, 0.3) is 0 Å². The van der Waals surface area contributed by atoms with E-state index in [0.29, 0.717) is 18.1 Å². The molecule has 0 unspecified atom stereocenters. The fourth-order valence-electron chi connectivity index (χ4n) is 1.23. The third-order valence-electron chi connectivity index (χ3n) is 1.97. The lowest BCUT2D eigenvalue weighted by molar-refractivity contribution is -0.145. The first-order chi connectivity index (χ1) is 7.67. The Kier molecular flexibility index (Phi) is 4.64. The molecular formula is C12H16O4. The van der Waals surface area contributed by atoms with Gasteiger partial charge >= 0.3 is 5.97 Å². The molecule has 16 heavy (non-hydrogen) atoms. The summed E-state index contributed by atoms with van der Waals surface area (Å²) in [5.74, 6) is 0.774. The van der Waals surface area contributed by atoms with Crippen LogP contribution in [0.3, 0.4) is 0 Å². The van der Waals surface area contributed by atoms with E-state index in [1.54, 1.807) is 20.1 Å². The Labute approximate surface area is 95.1 Å². The largest absolute Gasteiger partial charge is 0.493 e. The van der Waals surface area contributed by atoms with Crippen molar-refractivity contribution < 1.29 is 19.0 Å². The van der Waals surface area contributed by atoms with Gasteiger partial charge in [-0.2, -0.15) is 0 Å². The van der Waals surface area contributed by atoms with Crippen molar-refractivity contribution in [2.45, 2.75) is 13.8 Å². The topological polar surface area (TPSA) is 44.8 Å². The van der Waals surface area contributed by atoms with Gasteiger partial charge in [-0.1, -0.05) is 6.07 Å². The Morgan fingerprint density at radius 3 is 2.69 bits per heavy atom. The molecule has 0 saturated heterocycles. The molecule has 0 atom stereocenters. The Balaban J connectivity index is 2.63. The zero-order chi connectivity index (χ0) is 12.0. The zero-order valence-corrected chi connectivity index (χ0v) is 9.78. The second kappa shape index (κ2) is 6.00. The third-order valence-corrected chi connectivity index (χ3v) is 1.97. The number of carbonyl (C=O) groups excluding carboxylic acids is 1. The van der Waals surface area contributed by atoms with Crippen LogP contribution >= 0.6 is 0 Å². The van der Waals surface area contributed by atoms with Crippen molar-refractivity contribution in [1.29, 1.82) is 0 Å². The molecule has 0 aromatic heterocycles. The van der Waals surface area contributed by atoms with Crippen molar-refractivity contribution in [2.75, 3.05) is 20.3 Å². The zero-order valence-electron chi connectivity index (χ0n) is 9.78. The predicted molar refractivity (Wildman–Crippen MR) is 59.9 cm³/mol. The molecule has 1 rings (SSSR count). The molecule has 88 valence electrons. The molecule has 0 aliphatic heterocycles. The quantitative estimate of drug-likeness (QED) is 0.717. The fraction of sp³-hybridized carbons (Fsp3) is 0.417. The van der Waals surface area contributed by atoms with Gasteiger partial charge in [0.2, 0.25) is 0 Å². The highest BCUT2D eigenvalue weighted by Crippen LogP contribution is 2.27. The van der Waals surface area contributed by atoms with Gasteiger partial charge in [0.05, 0.1) is 13.7 Å². The highest BCUT2D eigenvalue weighted by atomic mass is 16.6. The number of ether oxygens (including phenoxy) is 3. The van der Waals surface area contributed by atoms with E-state index in [1.807, 2.05) is 19.1 Å². The lowest BCUT2D eigenvalue weighted by Crippen LogP contribution is -2.14. The van der Waals surface area contributed by atoms with Gasteiger partial charge in [0.1, 0.15) is 0 Å². The SMILES string of the molecule is CCOC(=O)COc1ccc(C)cc1OC. The minimum absolute atomic E-state index is 0.104. The van der Waals surface area contributed by atoms with Gasteiger partial charge in [0.15, 0.2) is 18.1 Å². The molecule has 0 aliphatic rings. The number of hydrogen-bond acceptors (Lipinski definition) is 4. The first-order valence-corrected chi connectivity index (χ1v) is 5.10. The predicted octanol–water partition coefficient (Wildman–Crippen LogP) is 1.95. The van der Waals surface area contributed by atoms with Crippen molar-refractivity contribution in [3.05, 3.63) is 23.8 Å². The number of carbonyl (C=O) groups is 1. The summed E-state index contributed by atoms with van der Waals surface area (Å²) in [6.07, 6.45) is 0. The number of rotatable bonds is 5. The monoisotopic (exact) mass is 224 g/mol. The summed E-state index contributed by atoms with van der Waals surface area (Å²) in [6.45, 7) is 3.96. The highest BCUT2D eigenvalue weighted by Gasteiger charge is 2.07. The summed E-state index contributed by atoms with van der Waals surface area (Å²) in [5, 5.41) is 0. The molecule has 0 bridgehead atoms. The minimum Gasteiger partial charge on any atom is -0.493 e. The first kappa shape index (κ1) is 12.4. The molecular weight excluding hydrogens is 208 g/mol. The maximum absolute atomic E-state index is 11.1. The second-order valence-electron chi connectivity index (χ2n) is 3.25. The van der Waals surface area contributed by atoms with Gasteiger partial charge in [-0.25, -0.2) is 4.79 Å². The number of benzene rings is 1. The summed E-state index contributed by atoms with van der Waals surface area (Å²) < 4.78 is 15.2. The van der Waals surface area contributed by atoms with Crippen LogP contribution in [-0.2, 0) is 9.53 Å². The van der Waals surface area contributed by atoms with Crippen LogP contribution in [0.2, 0.25) is 0 Å². The van der Waals surface area contributed by atoms with Crippen LogP contribution in [0.4, 0.5) is 0 Å². The average Bonchev–Trinajstić information content (AvgIpc) is 2.27. The van der Waals surface area contributed by atoms with E-state index in [-0.39, 0.29) is 12.6 Å². The van der Waals surface area contributed by atoms with Crippen molar-refractivity contribution in [3.63, 3.8) is 0 Å². The summed E-state index contributed by atoms with van der Waals surface area (Å²) in [6, 6.07) is 5.51. The lowest BCUT2D eigenvalue weighted by Gasteiger charge is -2.10. The number of hydrogen-bond donors (Lipinski definition) is 0. The summed E-state index contributed by atoms with van der Waals surface area (Å²) in [5.41, 5.74) is 1.07. The molecule has 4 nitrogen and oxygen atoms in total. The number of aryl methyl sites for hydroxylation is 1. The van der Waals surface area contributed by atoms with Crippen molar-refractivity contribution in [3.8, 4) is 11.5 Å². The average molecular weight is 224 g/mol. The van der Waals surface area contributed by atoms with Gasteiger partial charge in [-0.15, -0.1) is 0 Å². The number of methoxy groups -OCH3 is 1. The molecule has 0 heterocycles. The van der Waals surface area contributed by atoms with E-state index < -0.39 is 0 Å². The van der Waals surface area contributed by atoms with E-state index in [4.69, 9.17) is 14.2 Å². The van der Waals surface area contributed by atoms with Crippen molar-refractivity contribution >= 4 is 5.97 Å². The van der Waals surface area contributed by atoms with Crippen LogP contribution in [0.5, 0.6) is 11.5 Å². The van der Waals surface area contributed by atoms with Crippen LogP contribution in [0.25, 0.3) is 0 Å². The Bertz CT molecular complexity index is 360. The molecule has 0 N–H and O–H groups in total. The van der Waals surface area contributed by atoms with Gasteiger partial charge < -0.3 is 14.2 Å². The molecule has 0 radical (unpaired) electrons.